The number of carboxylic acids is 2. The molecule has 0 aliphatic rings. The van der Waals surface area contributed by atoms with Crippen molar-refractivity contribution in [2.45, 2.75) is 13.0 Å². The predicted octanol–water partition coefficient (Wildman–Crippen LogP) is 1.93. The molecule has 0 saturated carbocycles. The maximum absolute atomic E-state index is 10.7. The standard InChI is InChI=1S/C10H12ClNO4S/c1-6(7-2-8(11)17-5-7)12(3-9(13)14)4-10(15)16/h2,5-6H,3-4H2,1H3,(H,13,14)(H,15,16). The molecule has 0 aliphatic heterocycles. The number of thiophene rings is 1. The molecule has 0 bridgehead atoms. The van der Waals surface area contributed by atoms with Gasteiger partial charge in [0.1, 0.15) is 0 Å². The van der Waals surface area contributed by atoms with Crippen LogP contribution in [0.1, 0.15) is 18.5 Å². The summed E-state index contributed by atoms with van der Waals surface area (Å²) in [4.78, 5) is 22.7. The third-order valence-corrected chi connectivity index (χ3v) is 3.40. The van der Waals surface area contributed by atoms with Gasteiger partial charge < -0.3 is 10.2 Å². The Morgan fingerprint density at radius 2 is 1.94 bits per heavy atom. The first-order valence-electron chi connectivity index (χ1n) is 4.81. The Morgan fingerprint density at radius 3 is 2.29 bits per heavy atom. The Hall–Kier alpha value is -1.11. The van der Waals surface area contributed by atoms with Crippen LogP contribution >= 0.6 is 22.9 Å². The molecule has 0 aromatic carbocycles. The van der Waals surface area contributed by atoms with E-state index >= 15 is 0 Å². The van der Waals surface area contributed by atoms with Crippen molar-refractivity contribution < 1.29 is 19.8 Å². The third kappa shape index (κ3) is 4.33. The van der Waals surface area contributed by atoms with Crippen LogP contribution in [0, 0.1) is 0 Å². The Morgan fingerprint density at radius 1 is 1.41 bits per heavy atom. The van der Waals surface area contributed by atoms with Crippen LogP contribution in [-0.4, -0.2) is 40.1 Å². The lowest BCUT2D eigenvalue weighted by atomic mass is 10.1. The van der Waals surface area contributed by atoms with Crippen LogP contribution in [-0.2, 0) is 9.59 Å². The van der Waals surface area contributed by atoms with Crippen LogP contribution in [0.4, 0.5) is 0 Å². The van der Waals surface area contributed by atoms with Crippen LogP contribution in [0.3, 0.4) is 0 Å². The van der Waals surface area contributed by atoms with Gasteiger partial charge in [-0.05, 0) is 23.9 Å². The first-order valence-corrected chi connectivity index (χ1v) is 6.07. The monoisotopic (exact) mass is 277 g/mol. The minimum absolute atomic E-state index is 0.300. The summed E-state index contributed by atoms with van der Waals surface area (Å²) >= 11 is 7.12. The highest BCUT2D eigenvalue weighted by Crippen LogP contribution is 2.27. The van der Waals surface area contributed by atoms with E-state index in [-0.39, 0.29) is 19.1 Å². The highest BCUT2D eigenvalue weighted by atomic mass is 35.5. The summed E-state index contributed by atoms with van der Waals surface area (Å²) in [5.74, 6) is -2.11. The van der Waals surface area contributed by atoms with Gasteiger partial charge in [0.05, 0.1) is 17.4 Å². The number of hydrogen-bond donors (Lipinski definition) is 2. The molecule has 2 N–H and O–H groups in total. The van der Waals surface area contributed by atoms with Gasteiger partial charge in [0, 0.05) is 6.04 Å². The Balaban J connectivity index is 2.81. The molecule has 94 valence electrons. The Bertz CT molecular complexity index is 404. The Kier molecular flexibility index (Phi) is 4.92. The van der Waals surface area contributed by atoms with Crippen molar-refractivity contribution in [3.8, 4) is 0 Å². The molecular weight excluding hydrogens is 266 g/mol. The number of aliphatic carboxylic acids is 2. The zero-order chi connectivity index (χ0) is 13.0. The summed E-state index contributed by atoms with van der Waals surface area (Å²) in [6.07, 6.45) is 0. The van der Waals surface area contributed by atoms with Crippen LogP contribution in [0.2, 0.25) is 4.34 Å². The van der Waals surface area contributed by atoms with Crippen molar-refractivity contribution in [2.24, 2.45) is 0 Å². The van der Waals surface area contributed by atoms with Gasteiger partial charge >= 0.3 is 11.9 Å². The lowest BCUT2D eigenvalue weighted by molar-refractivity contribution is -0.142. The molecule has 0 aliphatic carbocycles. The molecule has 0 fully saturated rings. The maximum Gasteiger partial charge on any atom is 0.317 e. The van der Waals surface area contributed by atoms with Gasteiger partial charge in [-0.25, -0.2) is 0 Å². The summed E-state index contributed by atoms with van der Waals surface area (Å²) in [6, 6.07) is 1.42. The molecule has 0 spiro atoms. The fraction of sp³-hybridized carbons (Fsp3) is 0.400. The van der Waals surface area contributed by atoms with Crippen molar-refractivity contribution in [2.75, 3.05) is 13.1 Å². The largest absolute Gasteiger partial charge is 0.480 e. The average Bonchev–Trinajstić information content (AvgIpc) is 2.61. The second-order valence-electron chi connectivity index (χ2n) is 3.55. The fourth-order valence-corrected chi connectivity index (χ4v) is 2.41. The first kappa shape index (κ1) is 14.0. The van der Waals surface area contributed by atoms with Gasteiger partial charge in [-0.3, -0.25) is 14.5 Å². The van der Waals surface area contributed by atoms with Gasteiger partial charge in [-0.2, -0.15) is 0 Å². The fourth-order valence-electron chi connectivity index (χ4n) is 1.43. The average molecular weight is 278 g/mol. The molecule has 0 radical (unpaired) electrons. The number of halogens is 1. The van der Waals surface area contributed by atoms with Gasteiger partial charge in [-0.1, -0.05) is 11.6 Å². The lowest BCUT2D eigenvalue weighted by Gasteiger charge is -2.25. The number of carboxylic acid groups (broad SMARTS) is 2. The second-order valence-corrected chi connectivity index (χ2v) is 5.10. The van der Waals surface area contributed by atoms with E-state index in [0.29, 0.717) is 4.34 Å². The summed E-state index contributed by atoms with van der Waals surface area (Å²) in [5.41, 5.74) is 0.822. The molecule has 1 aromatic rings. The summed E-state index contributed by atoms with van der Waals surface area (Å²) in [6.45, 7) is 1.12. The highest BCUT2D eigenvalue weighted by molar-refractivity contribution is 7.14. The second kappa shape index (κ2) is 6.00. The first-order chi connectivity index (χ1) is 7.90. The van der Waals surface area contributed by atoms with Crippen LogP contribution in [0.5, 0.6) is 0 Å². The molecule has 1 aromatic heterocycles. The number of nitrogens with zero attached hydrogens (tertiary/aromatic N) is 1. The maximum atomic E-state index is 10.7. The molecule has 17 heavy (non-hydrogen) atoms. The number of hydrogen-bond acceptors (Lipinski definition) is 4. The van der Waals surface area contributed by atoms with Crippen molar-refractivity contribution in [3.05, 3.63) is 21.3 Å². The van der Waals surface area contributed by atoms with Crippen molar-refractivity contribution in [1.29, 1.82) is 0 Å². The molecule has 1 unspecified atom stereocenters. The smallest absolute Gasteiger partial charge is 0.317 e. The van der Waals surface area contributed by atoms with Crippen LogP contribution in [0.25, 0.3) is 0 Å². The minimum Gasteiger partial charge on any atom is -0.480 e. The Labute approximate surface area is 107 Å². The van der Waals surface area contributed by atoms with Gasteiger partial charge in [-0.15, -0.1) is 11.3 Å². The van der Waals surface area contributed by atoms with E-state index in [1.54, 1.807) is 18.4 Å². The van der Waals surface area contributed by atoms with E-state index in [1.165, 1.54) is 16.2 Å². The molecule has 1 atom stereocenters. The summed E-state index contributed by atoms with van der Waals surface area (Å²) in [7, 11) is 0. The zero-order valence-corrected chi connectivity index (χ0v) is 10.7. The summed E-state index contributed by atoms with van der Waals surface area (Å²) in [5, 5.41) is 19.3. The molecule has 7 heteroatoms. The third-order valence-electron chi connectivity index (χ3n) is 2.29. The van der Waals surface area contributed by atoms with E-state index < -0.39 is 11.9 Å². The normalized spacial score (nSPS) is 12.6. The number of carbonyl (C=O) groups is 2. The lowest BCUT2D eigenvalue weighted by Crippen LogP contribution is -2.36. The van der Waals surface area contributed by atoms with Gasteiger partial charge in [0.2, 0.25) is 0 Å². The molecular formula is C10H12ClNO4S. The van der Waals surface area contributed by atoms with Crippen molar-refractivity contribution in [1.82, 2.24) is 4.90 Å². The SMILES string of the molecule is CC(c1csc(Cl)c1)N(CC(=O)O)CC(=O)O. The van der Waals surface area contributed by atoms with Crippen molar-refractivity contribution in [3.63, 3.8) is 0 Å². The quantitative estimate of drug-likeness (QED) is 0.831. The van der Waals surface area contributed by atoms with E-state index in [4.69, 9.17) is 21.8 Å². The topological polar surface area (TPSA) is 77.8 Å². The summed E-state index contributed by atoms with van der Waals surface area (Å²) < 4.78 is 0.595. The van der Waals surface area contributed by atoms with Crippen LogP contribution in [0.15, 0.2) is 11.4 Å². The zero-order valence-electron chi connectivity index (χ0n) is 9.09. The minimum atomic E-state index is -1.06. The number of rotatable bonds is 6. The predicted molar refractivity (Wildman–Crippen MR) is 64.6 cm³/mol. The highest BCUT2D eigenvalue weighted by Gasteiger charge is 2.21. The molecule has 1 heterocycles. The van der Waals surface area contributed by atoms with Crippen molar-refractivity contribution >= 4 is 34.9 Å². The molecule has 1 rings (SSSR count). The van der Waals surface area contributed by atoms with E-state index in [9.17, 15) is 9.59 Å². The molecule has 5 nitrogen and oxygen atoms in total. The van der Waals surface area contributed by atoms with Gasteiger partial charge in [0.15, 0.2) is 0 Å². The van der Waals surface area contributed by atoms with E-state index in [1.807, 2.05) is 0 Å². The van der Waals surface area contributed by atoms with Gasteiger partial charge in [0.25, 0.3) is 0 Å². The molecule has 0 amide bonds. The van der Waals surface area contributed by atoms with Crippen LogP contribution < -0.4 is 0 Å². The van der Waals surface area contributed by atoms with E-state index in [0.717, 1.165) is 5.56 Å². The molecule has 0 saturated heterocycles. The van der Waals surface area contributed by atoms with E-state index in [2.05, 4.69) is 0 Å².